The molecule has 0 saturated carbocycles. The molecule has 5 nitrogen and oxygen atoms in total. The lowest BCUT2D eigenvalue weighted by Gasteiger charge is -2.43. The first kappa shape index (κ1) is 26.3. The largest absolute Gasteiger partial charge is 0.492 e. The van der Waals surface area contributed by atoms with Crippen LogP contribution in [0.4, 0.5) is 8.78 Å². The molecule has 0 amide bonds. The van der Waals surface area contributed by atoms with Crippen molar-refractivity contribution in [2.75, 3.05) is 32.9 Å². The zero-order chi connectivity index (χ0) is 25.8. The number of nitrogens with one attached hydrogen (secondary N) is 1. The summed E-state index contributed by atoms with van der Waals surface area (Å²) in [5.74, 6) is -1.14. The Morgan fingerprint density at radius 3 is 2.78 bits per heavy atom. The van der Waals surface area contributed by atoms with Gasteiger partial charge in [-0.25, -0.2) is 4.39 Å². The third kappa shape index (κ3) is 5.32. The van der Waals surface area contributed by atoms with Crippen LogP contribution in [0.2, 0.25) is 0 Å². The molecule has 7 heteroatoms. The Balaban J connectivity index is 1.71. The number of ether oxygens (including phenoxy) is 1. The molecule has 0 unspecified atom stereocenters. The van der Waals surface area contributed by atoms with Crippen molar-refractivity contribution in [3.05, 3.63) is 70.0 Å². The Morgan fingerprint density at radius 2 is 2.03 bits per heavy atom. The van der Waals surface area contributed by atoms with Crippen molar-refractivity contribution in [2.24, 2.45) is 5.92 Å². The zero-order valence-electron chi connectivity index (χ0n) is 21.3. The molecule has 2 aromatic carbocycles. The van der Waals surface area contributed by atoms with Crippen molar-refractivity contribution in [1.82, 2.24) is 10.2 Å². The molecule has 2 N–H and O–H groups in total. The summed E-state index contributed by atoms with van der Waals surface area (Å²) < 4.78 is 34.0. The van der Waals surface area contributed by atoms with Gasteiger partial charge in [0.2, 0.25) is 0 Å². The third-order valence-electron chi connectivity index (χ3n) is 7.45. The van der Waals surface area contributed by atoms with Crippen molar-refractivity contribution >= 4 is 11.5 Å². The Morgan fingerprint density at radius 1 is 1.25 bits per heavy atom. The molecule has 1 aliphatic carbocycles. The maximum atomic E-state index is 15.7. The minimum atomic E-state index is -0.857. The standard InChI is InChI=1S/C29H36F2N2O3/c1-18(29(34)35)17-33-19(2)15-23-22-8-5-4-7-21(22)16-24(23)28(33)27-20(3)26(10-9-25(27)31)36-14-13-32-12-6-11-30/h4-5,7-10,18-19,28,32H,6,11-17H2,1-3H3,(H,34,35)/t18-,19-,28+/m1/s1. The second-order valence-electron chi connectivity index (χ2n) is 9.95. The molecular formula is C29H36F2N2O3. The first-order chi connectivity index (χ1) is 17.3. The van der Waals surface area contributed by atoms with Gasteiger partial charge in [0, 0.05) is 24.7 Å². The lowest BCUT2D eigenvalue weighted by molar-refractivity contribution is -0.142. The number of aliphatic carboxylic acids is 1. The second-order valence-corrected chi connectivity index (χ2v) is 9.95. The SMILES string of the molecule is Cc1c(OCCNCCCF)ccc(F)c1[C@@H]1C2=C(C[C@@H](C)N1C[C@@H](C)C(=O)O)c1ccccc1C2. The summed E-state index contributed by atoms with van der Waals surface area (Å²) in [5.41, 5.74) is 6.15. The third-order valence-corrected chi connectivity index (χ3v) is 7.45. The maximum Gasteiger partial charge on any atom is 0.307 e. The zero-order valence-corrected chi connectivity index (χ0v) is 21.3. The molecule has 0 aromatic heterocycles. The van der Waals surface area contributed by atoms with Gasteiger partial charge in [-0.3, -0.25) is 14.1 Å². The molecule has 1 aliphatic heterocycles. The predicted molar refractivity (Wildman–Crippen MR) is 137 cm³/mol. The number of hydrogen-bond donors (Lipinski definition) is 2. The summed E-state index contributed by atoms with van der Waals surface area (Å²) in [7, 11) is 0. The molecular weight excluding hydrogens is 462 g/mol. The van der Waals surface area contributed by atoms with E-state index in [0.717, 1.165) is 24.0 Å². The molecule has 0 saturated heterocycles. The number of halogens is 2. The first-order valence-corrected chi connectivity index (χ1v) is 12.8. The van der Waals surface area contributed by atoms with Crippen molar-refractivity contribution < 1.29 is 23.4 Å². The number of hydrogen-bond acceptors (Lipinski definition) is 4. The van der Waals surface area contributed by atoms with Gasteiger partial charge in [0.25, 0.3) is 0 Å². The van der Waals surface area contributed by atoms with E-state index in [4.69, 9.17) is 4.74 Å². The van der Waals surface area contributed by atoms with E-state index in [9.17, 15) is 14.3 Å². The molecule has 2 aliphatic rings. The van der Waals surface area contributed by atoms with Gasteiger partial charge in [-0.1, -0.05) is 31.2 Å². The Hall–Kier alpha value is -2.77. The summed E-state index contributed by atoms with van der Waals surface area (Å²) in [4.78, 5) is 13.9. The highest BCUT2D eigenvalue weighted by molar-refractivity contribution is 5.79. The number of benzene rings is 2. The minimum absolute atomic E-state index is 0.0461. The molecule has 0 radical (unpaired) electrons. The van der Waals surface area contributed by atoms with Gasteiger partial charge in [0.05, 0.1) is 18.6 Å². The fourth-order valence-electron chi connectivity index (χ4n) is 5.56. The molecule has 194 valence electrons. The highest BCUT2D eigenvalue weighted by atomic mass is 19.1. The molecule has 0 spiro atoms. The number of fused-ring (bicyclic) bond motifs is 2. The predicted octanol–water partition coefficient (Wildman–Crippen LogP) is 5.33. The van der Waals surface area contributed by atoms with Crippen molar-refractivity contribution in [2.45, 2.75) is 52.1 Å². The van der Waals surface area contributed by atoms with Gasteiger partial charge in [-0.05, 0) is 79.6 Å². The highest BCUT2D eigenvalue weighted by Gasteiger charge is 2.41. The van der Waals surface area contributed by atoms with Gasteiger partial charge in [0.1, 0.15) is 18.2 Å². The smallest absolute Gasteiger partial charge is 0.307 e. The van der Waals surface area contributed by atoms with E-state index in [2.05, 4.69) is 29.3 Å². The molecule has 3 atom stereocenters. The van der Waals surface area contributed by atoms with Crippen LogP contribution in [0.25, 0.3) is 5.57 Å². The van der Waals surface area contributed by atoms with Crippen LogP contribution in [0.5, 0.6) is 5.75 Å². The number of alkyl halides is 1. The summed E-state index contributed by atoms with van der Waals surface area (Å²) in [6, 6.07) is 11.1. The second kappa shape index (κ2) is 11.5. The maximum absolute atomic E-state index is 15.7. The van der Waals surface area contributed by atoms with E-state index < -0.39 is 11.9 Å². The van der Waals surface area contributed by atoms with E-state index in [1.807, 2.05) is 19.1 Å². The van der Waals surface area contributed by atoms with Crippen LogP contribution in [-0.4, -0.2) is 54.9 Å². The van der Waals surface area contributed by atoms with Crippen LogP contribution < -0.4 is 10.1 Å². The monoisotopic (exact) mass is 498 g/mol. The summed E-state index contributed by atoms with van der Waals surface area (Å²) in [6.07, 6.45) is 1.99. The van der Waals surface area contributed by atoms with Gasteiger partial charge in [0.15, 0.2) is 0 Å². The van der Waals surface area contributed by atoms with Crippen LogP contribution in [0.3, 0.4) is 0 Å². The van der Waals surface area contributed by atoms with Crippen LogP contribution in [0.1, 0.15) is 55.0 Å². The quantitative estimate of drug-likeness (QED) is 0.410. The molecule has 4 rings (SSSR count). The van der Waals surface area contributed by atoms with Crippen LogP contribution in [-0.2, 0) is 11.2 Å². The van der Waals surface area contributed by atoms with E-state index >= 15 is 4.39 Å². The summed E-state index contributed by atoms with van der Waals surface area (Å²) in [6.45, 7) is 7.20. The number of carbonyl (C=O) groups is 1. The average Bonchev–Trinajstić information content (AvgIpc) is 3.22. The molecule has 1 heterocycles. The fraction of sp³-hybridized carbons (Fsp3) is 0.483. The first-order valence-electron chi connectivity index (χ1n) is 12.8. The van der Waals surface area contributed by atoms with Gasteiger partial charge in [-0.2, -0.15) is 0 Å². The Kier molecular flexibility index (Phi) is 8.42. The van der Waals surface area contributed by atoms with E-state index in [1.54, 1.807) is 13.0 Å². The topological polar surface area (TPSA) is 61.8 Å². The number of carboxylic acids is 1. The number of nitrogens with zero attached hydrogens (tertiary/aromatic N) is 1. The van der Waals surface area contributed by atoms with Crippen molar-refractivity contribution in [3.8, 4) is 5.75 Å². The summed E-state index contributed by atoms with van der Waals surface area (Å²) >= 11 is 0. The van der Waals surface area contributed by atoms with Gasteiger partial charge < -0.3 is 15.2 Å². The number of rotatable bonds is 11. The molecule has 0 fully saturated rings. The molecule has 0 bridgehead atoms. The van der Waals surface area contributed by atoms with Gasteiger partial charge in [-0.15, -0.1) is 0 Å². The molecule has 36 heavy (non-hydrogen) atoms. The van der Waals surface area contributed by atoms with E-state index in [-0.39, 0.29) is 24.6 Å². The minimum Gasteiger partial charge on any atom is -0.492 e. The van der Waals surface area contributed by atoms with Gasteiger partial charge >= 0.3 is 5.97 Å². The lowest BCUT2D eigenvalue weighted by Crippen LogP contribution is -2.45. The lowest BCUT2D eigenvalue weighted by atomic mass is 9.83. The van der Waals surface area contributed by atoms with Crippen molar-refractivity contribution in [1.29, 1.82) is 0 Å². The van der Waals surface area contributed by atoms with E-state index in [0.29, 0.717) is 44.0 Å². The summed E-state index contributed by atoms with van der Waals surface area (Å²) in [5, 5.41) is 12.8. The molecule has 2 aromatic rings. The van der Waals surface area contributed by atoms with Crippen LogP contribution in [0.15, 0.2) is 42.0 Å². The van der Waals surface area contributed by atoms with Crippen LogP contribution in [0, 0.1) is 18.7 Å². The normalized spacial score (nSPS) is 20.2. The van der Waals surface area contributed by atoms with Crippen molar-refractivity contribution in [3.63, 3.8) is 0 Å². The van der Waals surface area contributed by atoms with Crippen LogP contribution >= 0.6 is 0 Å². The Bertz CT molecular complexity index is 1130. The van der Waals surface area contributed by atoms with E-state index in [1.165, 1.54) is 22.8 Å². The number of carboxylic acid groups (broad SMARTS) is 1. The highest BCUT2D eigenvalue weighted by Crippen LogP contribution is 2.50. The Labute approximate surface area is 212 Å². The fourth-order valence-corrected chi connectivity index (χ4v) is 5.56. The average molecular weight is 499 g/mol.